The van der Waals surface area contributed by atoms with Crippen LogP contribution in [0, 0.1) is 18.6 Å². The largest absolute Gasteiger partial charge is 0.334 e. The first-order valence-electron chi connectivity index (χ1n) is 8.04. The van der Waals surface area contributed by atoms with Gasteiger partial charge in [-0.2, -0.15) is 0 Å². The van der Waals surface area contributed by atoms with Crippen molar-refractivity contribution in [2.75, 3.05) is 5.32 Å². The van der Waals surface area contributed by atoms with Gasteiger partial charge in [0.15, 0.2) is 0 Å². The van der Waals surface area contributed by atoms with Gasteiger partial charge in [-0.05, 0) is 60.5 Å². The minimum Gasteiger partial charge on any atom is -0.334 e. The van der Waals surface area contributed by atoms with Crippen molar-refractivity contribution in [3.05, 3.63) is 83.4 Å². The topological polar surface area (TPSA) is 54.0 Å². The number of nitrogens with one attached hydrogen (secondary N) is 2. The molecule has 2 amide bonds. The molecule has 0 aliphatic heterocycles. The van der Waals surface area contributed by atoms with E-state index in [1.807, 2.05) is 0 Å². The average Bonchev–Trinajstić information content (AvgIpc) is 2.60. The summed E-state index contributed by atoms with van der Waals surface area (Å²) >= 11 is 0. The van der Waals surface area contributed by atoms with Gasteiger partial charge in [-0.15, -0.1) is 0 Å². The Balaban J connectivity index is 1.67. The molecule has 4 nitrogen and oxygen atoms in total. The summed E-state index contributed by atoms with van der Waals surface area (Å²) in [6.07, 6.45) is 0. The number of pyridine rings is 1. The molecule has 0 atom stereocenters. The molecule has 0 unspecified atom stereocenters. The second-order valence-electron chi connectivity index (χ2n) is 5.80. The highest BCUT2D eigenvalue weighted by Crippen LogP contribution is 2.23. The van der Waals surface area contributed by atoms with Crippen molar-refractivity contribution < 1.29 is 13.6 Å². The molecule has 132 valence electrons. The summed E-state index contributed by atoms with van der Waals surface area (Å²) in [4.78, 5) is 16.4. The predicted octanol–water partition coefficient (Wildman–Crippen LogP) is 4.66. The summed E-state index contributed by atoms with van der Waals surface area (Å²) in [6, 6.07) is 15.2. The number of halogens is 2. The van der Waals surface area contributed by atoms with Crippen LogP contribution >= 0.6 is 0 Å². The molecule has 0 fully saturated rings. The van der Waals surface area contributed by atoms with Crippen LogP contribution < -0.4 is 10.6 Å². The van der Waals surface area contributed by atoms with Crippen molar-refractivity contribution in [3.8, 4) is 11.3 Å². The van der Waals surface area contributed by atoms with Gasteiger partial charge in [0, 0.05) is 12.1 Å². The molecule has 2 N–H and O–H groups in total. The number of urea groups is 1. The number of carbonyl (C=O) groups excluding carboxylic acids is 1. The number of carbonyl (C=O) groups is 1. The van der Waals surface area contributed by atoms with E-state index in [-0.39, 0.29) is 18.2 Å². The van der Waals surface area contributed by atoms with E-state index in [4.69, 9.17) is 0 Å². The van der Waals surface area contributed by atoms with Gasteiger partial charge in [0.2, 0.25) is 0 Å². The van der Waals surface area contributed by atoms with Gasteiger partial charge in [-0.1, -0.05) is 18.2 Å². The maximum absolute atomic E-state index is 13.3. The van der Waals surface area contributed by atoms with Crippen molar-refractivity contribution in [1.29, 1.82) is 0 Å². The summed E-state index contributed by atoms with van der Waals surface area (Å²) in [5.74, 6) is -0.297. The highest BCUT2D eigenvalue weighted by atomic mass is 19.1. The molecule has 26 heavy (non-hydrogen) atoms. The molecule has 6 heteroatoms. The third-order valence-corrected chi connectivity index (χ3v) is 3.80. The van der Waals surface area contributed by atoms with Crippen molar-refractivity contribution >= 4 is 11.8 Å². The smallest absolute Gasteiger partial charge is 0.320 e. The SMILES string of the molecule is Cc1cc(F)ccc1-c1cccc(NC(=O)NCc2cccc(F)c2)n1. The summed E-state index contributed by atoms with van der Waals surface area (Å²) < 4.78 is 26.4. The highest BCUT2D eigenvalue weighted by Gasteiger charge is 2.08. The Morgan fingerprint density at radius 2 is 1.77 bits per heavy atom. The molecular weight excluding hydrogens is 336 g/mol. The third kappa shape index (κ3) is 4.42. The van der Waals surface area contributed by atoms with Gasteiger partial charge in [0.25, 0.3) is 0 Å². The predicted molar refractivity (Wildman–Crippen MR) is 96.6 cm³/mol. The molecule has 0 bridgehead atoms. The Bertz CT molecular complexity index is 944. The maximum Gasteiger partial charge on any atom is 0.320 e. The molecule has 0 saturated carbocycles. The normalized spacial score (nSPS) is 10.4. The average molecular weight is 353 g/mol. The summed E-state index contributed by atoms with van der Waals surface area (Å²) in [6.45, 7) is 1.99. The first kappa shape index (κ1) is 17.5. The molecule has 0 aliphatic rings. The Morgan fingerprint density at radius 1 is 1.00 bits per heavy atom. The van der Waals surface area contributed by atoms with Crippen molar-refractivity contribution in [2.24, 2.45) is 0 Å². The summed E-state index contributed by atoms with van der Waals surface area (Å²) in [5.41, 5.74) is 2.83. The molecule has 0 saturated heterocycles. The third-order valence-electron chi connectivity index (χ3n) is 3.80. The number of anilines is 1. The van der Waals surface area contributed by atoms with E-state index in [2.05, 4.69) is 15.6 Å². The van der Waals surface area contributed by atoms with Gasteiger partial charge in [-0.3, -0.25) is 5.32 Å². The highest BCUT2D eigenvalue weighted by molar-refractivity contribution is 5.88. The lowest BCUT2D eigenvalue weighted by molar-refractivity contribution is 0.251. The van der Waals surface area contributed by atoms with Crippen LogP contribution in [0.25, 0.3) is 11.3 Å². The molecule has 1 aromatic heterocycles. The van der Waals surface area contributed by atoms with Crippen LogP contribution in [-0.2, 0) is 6.54 Å². The quantitative estimate of drug-likeness (QED) is 0.717. The first-order valence-corrected chi connectivity index (χ1v) is 8.04. The van der Waals surface area contributed by atoms with Gasteiger partial charge in [0.1, 0.15) is 17.5 Å². The lowest BCUT2D eigenvalue weighted by Gasteiger charge is -2.10. The molecular formula is C20H17F2N3O. The lowest BCUT2D eigenvalue weighted by atomic mass is 10.1. The Labute approximate surface area is 149 Å². The molecule has 3 rings (SSSR count). The summed E-state index contributed by atoms with van der Waals surface area (Å²) in [7, 11) is 0. The molecule has 3 aromatic rings. The molecule has 0 aliphatic carbocycles. The minimum absolute atomic E-state index is 0.195. The van der Waals surface area contributed by atoms with Crippen LogP contribution in [0.15, 0.2) is 60.7 Å². The number of aryl methyl sites for hydroxylation is 1. The van der Waals surface area contributed by atoms with E-state index in [0.717, 1.165) is 11.1 Å². The fourth-order valence-corrected chi connectivity index (χ4v) is 2.56. The number of nitrogens with zero attached hydrogens (tertiary/aromatic N) is 1. The second-order valence-corrected chi connectivity index (χ2v) is 5.80. The number of amides is 2. The van der Waals surface area contributed by atoms with Crippen molar-refractivity contribution in [3.63, 3.8) is 0 Å². The van der Waals surface area contributed by atoms with Crippen molar-refractivity contribution in [1.82, 2.24) is 10.3 Å². The van der Waals surface area contributed by atoms with Crippen molar-refractivity contribution in [2.45, 2.75) is 13.5 Å². The van der Waals surface area contributed by atoms with Crippen LogP contribution in [0.2, 0.25) is 0 Å². The second kappa shape index (κ2) is 7.74. The molecule has 2 aromatic carbocycles. The Hall–Kier alpha value is -3.28. The number of hydrogen-bond acceptors (Lipinski definition) is 2. The van der Waals surface area contributed by atoms with Crippen LogP contribution in [0.3, 0.4) is 0 Å². The van der Waals surface area contributed by atoms with Gasteiger partial charge in [-0.25, -0.2) is 18.6 Å². The number of aromatic nitrogens is 1. The molecule has 1 heterocycles. The van der Waals surface area contributed by atoms with Crippen LogP contribution in [0.1, 0.15) is 11.1 Å². The fraction of sp³-hybridized carbons (Fsp3) is 0.100. The fourth-order valence-electron chi connectivity index (χ4n) is 2.56. The molecule has 0 spiro atoms. The lowest BCUT2D eigenvalue weighted by Crippen LogP contribution is -2.28. The monoisotopic (exact) mass is 353 g/mol. The minimum atomic E-state index is -0.449. The number of benzene rings is 2. The molecule has 0 radical (unpaired) electrons. The number of rotatable bonds is 4. The van der Waals surface area contributed by atoms with E-state index in [1.165, 1.54) is 24.3 Å². The van der Waals surface area contributed by atoms with E-state index in [1.54, 1.807) is 43.3 Å². The van der Waals surface area contributed by atoms with E-state index >= 15 is 0 Å². The van der Waals surface area contributed by atoms with Crippen LogP contribution in [0.4, 0.5) is 19.4 Å². The van der Waals surface area contributed by atoms with Gasteiger partial charge >= 0.3 is 6.03 Å². The van der Waals surface area contributed by atoms with E-state index in [0.29, 0.717) is 17.1 Å². The van der Waals surface area contributed by atoms with Crippen LogP contribution in [-0.4, -0.2) is 11.0 Å². The zero-order valence-electron chi connectivity index (χ0n) is 14.1. The summed E-state index contributed by atoms with van der Waals surface area (Å²) in [5, 5.41) is 5.29. The van der Waals surface area contributed by atoms with E-state index in [9.17, 15) is 13.6 Å². The zero-order valence-corrected chi connectivity index (χ0v) is 14.1. The maximum atomic E-state index is 13.3. The van der Waals surface area contributed by atoms with Gasteiger partial charge < -0.3 is 5.32 Å². The Morgan fingerprint density at radius 3 is 2.54 bits per heavy atom. The zero-order chi connectivity index (χ0) is 18.5. The Kier molecular flexibility index (Phi) is 5.22. The first-order chi connectivity index (χ1) is 12.5. The van der Waals surface area contributed by atoms with E-state index < -0.39 is 6.03 Å². The van der Waals surface area contributed by atoms with Gasteiger partial charge in [0.05, 0.1) is 5.69 Å². The number of hydrogen-bond donors (Lipinski definition) is 2. The van der Waals surface area contributed by atoms with Crippen LogP contribution in [0.5, 0.6) is 0 Å². The standard InChI is InChI=1S/C20H17F2N3O/c1-13-10-16(22)8-9-17(13)18-6-3-7-19(24-18)25-20(26)23-12-14-4-2-5-15(21)11-14/h2-11H,12H2,1H3,(H2,23,24,25,26).